The van der Waals surface area contributed by atoms with Crippen molar-refractivity contribution >= 4 is 28.1 Å². The van der Waals surface area contributed by atoms with Crippen LogP contribution in [0.3, 0.4) is 0 Å². The molecular formula is C53H58N3O8-. The minimum atomic E-state index is -1.07. The molecule has 2 aromatic heterocycles. The number of carbonyl (C=O) groups is 1. The van der Waals surface area contributed by atoms with Crippen LogP contribution in [0.25, 0.3) is 10.8 Å². The molecule has 6 atom stereocenters. The molecule has 0 saturated heterocycles. The maximum absolute atomic E-state index is 15.3. The molecule has 2 aliphatic rings. The molecule has 0 radical (unpaired) electrons. The highest BCUT2D eigenvalue weighted by molar-refractivity contribution is 5.87. The van der Waals surface area contributed by atoms with Gasteiger partial charge in [-0.15, -0.1) is 0 Å². The van der Waals surface area contributed by atoms with E-state index in [9.17, 15) is 25.5 Å². The van der Waals surface area contributed by atoms with Crippen LogP contribution in [0.4, 0.5) is 11.5 Å². The number of methoxy groups -OCH3 is 1. The van der Waals surface area contributed by atoms with Crippen LogP contribution in [0.5, 0.6) is 34.5 Å². The van der Waals surface area contributed by atoms with Crippen molar-refractivity contribution in [2.75, 3.05) is 19.0 Å². The standard InChI is InChI=1S/C53H58N3O8/c1-33-6-3-7-36(24-33)32-64-49-27-35(25-47(61)52(49)62)12-19-46(60)51(45(59)18-11-34-10-17-44(58)48(26-34)63-2)53(21-4-8-39(53)30-41-9-5-22-54-41)40-20-23-55-50(31-40)56-42-15-13-38-29-43(57)16-14-37(38)28-42/h3,5,7,9-10,13-17,20,22-23,25-29,31,33,36,39,45,51,57-59,61-62H,4,6,8,11-12,18-19,21,24,30,32H2,1-2H3,(H,55,56)/q-1. The van der Waals surface area contributed by atoms with Crippen molar-refractivity contribution in [3.63, 3.8) is 0 Å². The first-order valence-corrected chi connectivity index (χ1v) is 22.4. The molecule has 6 N–H and O–H groups in total. The van der Waals surface area contributed by atoms with Gasteiger partial charge < -0.3 is 45.3 Å². The fourth-order valence-electron chi connectivity index (χ4n) is 10.4. The van der Waals surface area contributed by atoms with Crippen LogP contribution < -0.4 is 19.8 Å². The molecule has 4 aromatic carbocycles. The van der Waals surface area contributed by atoms with Gasteiger partial charge in [-0.25, -0.2) is 4.98 Å². The third-order valence-electron chi connectivity index (χ3n) is 13.5. The van der Waals surface area contributed by atoms with E-state index in [-0.39, 0.29) is 65.6 Å². The van der Waals surface area contributed by atoms with Crippen LogP contribution in [0.2, 0.25) is 0 Å². The highest BCUT2D eigenvalue weighted by Crippen LogP contribution is 2.54. The lowest BCUT2D eigenvalue weighted by molar-refractivity contribution is -0.131. The number of fused-ring (bicyclic) bond motifs is 1. The monoisotopic (exact) mass is 864 g/mol. The summed E-state index contributed by atoms with van der Waals surface area (Å²) in [5, 5.41) is 60.0. The van der Waals surface area contributed by atoms with Crippen molar-refractivity contribution in [1.82, 2.24) is 9.97 Å². The lowest BCUT2D eigenvalue weighted by atomic mass is 9.59. The first kappa shape index (κ1) is 44.2. The number of aliphatic hydroxyl groups excluding tert-OH is 1. The Bertz CT molecular complexity index is 2590. The molecule has 64 heavy (non-hydrogen) atoms. The molecule has 1 fully saturated rings. The molecule has 0 spiro atoms. The van der Waals surface area contributed by atoms with E-state index in [2.05, 4.69) is 29.4 Å². The number of phenolic OH excluding ortho intramolecular Hbond substituents is 4. The van der Waals surface area contributed by atoms with Crippen LogP contribution in [0.1, 0.15) is 74.3 Å². The SMILES string of the molecule is COc1cc(CCC(O)C(C(=O)CCc2cc(O)c(O)c(OCC3C=CCC(C)C3)c2)C2(c3ccnc(Nc4ccc5cc(O)ccc5c4)c3)CCCC2Cc2ccc[n-]2)ccc1O. The molecule has 8 rings (SSSR count). The topological polar surface area (TPSA) is 176 Å². The van der Waals surface area contributed by atoms with Gasteiger partial charge in [0, 0.05) is 29.6 Å². The molecule has 6 unspecified atom stereocenters. The Kier molecular flexibility index (Phi) is 13.5. The van der Waals surface area contributed by atoms with Crippen molar-refractivity contribution in [2.24, 2.45) is 23.7 Å². The smallest absolute Gasteiger partial charge is 0.200 e. The Balaban J connectivity index is 1.14. The van der Waals surface area contributed by atoms with E-state index in [0.717, 1.165) is 59.0 Å². The summed E-state index contributed by atoms with van der Waals surface area (Å²) in [5.41, 5.74) is 3.30. The number of nitrogens with zero attached hydrogens (tertiary/aromatic N) is 2. The second-order valence-corrected chi connectivity index (χ2v) is 17.9. The summed E-state index contributed by atoms with van der Waals surface area (Å²) >= 11 is 0. The van der Waals surface area contributed by atoms with E-state index >= 15 is 4.79 Å². The van der Waals surface area contributed by atoms with Gasteiger partial charge in [-0.3, -0.25) is 4.79 Å². The van der Waals surface area contributed by atoms with Crippen LogP contribution in [0, 0.1) is 23.7 Å². The number of aryl methyl sites for hydroxylation is 2. The van der Waals surface area contributed by atoms with E-state index in [1.54, 1.807) is 48.8 Å². The molecule has 2 heterocycles. The third-order valence-corrected chi connectivity index (χ3v) is 13.5. The number of hydrogen-bond acceptors (Lipinski definition) is 10. The quantitative estimate of drug-likeness (QED) is 0.0358. The third kappa shape index (κ3) is 9.85. The molecule has 0 bridgehead atoms. The molecular weight excluding hydrogens is 807 g/mol. The van der Waals surface area contributed by atoms with Gasteiger partial charge in [-0.1, -0.05) is 55.8 Å². The van der Waals surface area contributed by atoms with Gasteiger partial charge in [0.05, 0.1) is 25.7 Å². The second kappa shape index (κ2) is 19.5. The van der Waals surface area contributed by atoms with Gasteiger partial charge >= 0.3 is 0 Å². The second-order valence-electron chi connectivity index (χ2n) is 17.9. The maximum atomic E-state index is 15.3. The molecule has 0 amide bonds. The van der Waals surface area contributed by atoms with E-state index in [0.29, 0.717) is 48.9 Å². The van der Waals surface area contributed by atoms with Gasteiger partial charge in [0.15, 0.2) is 23.0 Å². The Hall–Kier alpha value is -6.46. The first-order valence-electron chi connectivity index (χ1n) is 22.4. The summed E-state index contributed by atoms with van der Waals surface area (Å²) in [4.78, 5) is 24.7. The number of allylic oxidation sites excluding steroid dienone is 1. The van der Waals surface area contributed by atoms with Crippen molar-refractivity contribution < 1.29 is 39.8 Å². The number of aromatic hydroxyl groups is 4. The van der Waals surface area contributed by atoms with Gasteiger partial charge in [0.1, 0.15) is 17.4 Å². The van der Waals surface area contributed by atoms with E-state index in [1.807, 2.05) is 48.5 Å². The average molecular weight is 865 g/mol. The summed E-state index contributed by atoms with van der Waals surface area (Å²) in [6.45, 7) is 2.56. The minimum Gasteiger partial charge on any atom is -0.668 e. The number of pyridine rings is 1. The van der Waals surface area contributed by atoms with Crippen molar-refractivity contribution in [2.45, 2.75) is 82.7 Å². The van der Waals surface area contributed by atoms with E-state index in [4.69, 9.17) is 14.5 Å². The summed E-state index contributed by atoms with van der Waals surface area (Å²) in [6.07, 6.45) is 12.7. The number of hydrogen-bond donors (Lipinski definition) is 6. The largest absolute Gasteiger partial charge is 0.668 e. The highest BCUT2D eigenvalue weighted by atomic mass is 16.5. The van der Waals surface area contributed by atoms with Gasteiger partial charge in [0.25, 0.3) is 0 Å². The molecule has 0 aliphatic heterocycles. The van der Waals surface area contributed by atoms with Crippen LogP contribution in [-0.2, 0) is 29.5 Å². The number of phenols is 4. The number of benzene rings is 4. The average Bonchev–Trinajstić information content (AvgIpc) is 3.97. The highest BCUT2D eigenvalue weighted by Gasteiger charge is 2.54. The Labute approximate surface area is 374 Å². The predicted octanol–water partition coefficient (Wildman–Crippen LogP) is 9.84. The van der Waals surface area contributed by atoms with Crippen molar-refractivity contribution in [3.8, 4) is 34.5 Å². The number of Topliss-reactive ketones (excluding diaryl/α,β-unsaturated/α-hetero) is 1. The zero-order valence-electron chi connectivity index (χ0n) is 36.5. The number of ketones is 1. The van der Waals surface area contributed by atoms with Crippen LogP contribution in [-0.4, -0.2) is 56.1 Å². The number of anilines is 2. The zero-order valence-corrected chi connectivity index (χ0v) is 36.5. The Morgan fingerprint density at radius 2 is 1.75 bits per heavy atom. The Morgan fingerprint density at radius 3 is 2.56 bits per heavy atom. The maximum Gasteiger partial charge on any atom is 0.200 e. The van der Waals surface area contributed by atoms with E-state index in [1.165, 1.54) is 13.2 Å². The van der Waals surface area contributed by atoms with Crippen LogP contribution in [0.15, 0.2) is 116 Å². The fourth-order valence-corrected chi connectivity index (χ4v) is 10.4. The first-order chi connectivity index (χ1) is 31.0. The van der Waals surface area contributed by atoms with E-state index < -0.39 is 17.4 Å². The number of ether oxygens (including phenoxy) is 2. The molecule has 11 heteroatoms. The summed E-state index contributed by atoms with van der Waals surface area (Å²) < 4.78 is 11.5. The number of aromatic nitrogens is 2. The number of carbonyl (C=O) groups excluding carboxylic acids is 1. The summed E-state index contributed by atoms with van der Waals surface area (Å²) in [5.74, 6) is 0.369. The summed E-state index contributed by atoms with van der Waals surface area (Å²) in [6, 6.07) is 27.4. The normalized spacial score (nSPS) is 20.5. The van der Waals surface area contributed by atoms with Crippen molar-refractivity contribution in [3.05, 3.63) is 138 Å². The van der Waals surface area contributed by atoms with Gasteiger partial charge in [0.2, 0.25) is 5.75 Å². The lowest BCUT2D eigenvalue weighted by Gasteiger charge is -2.45. The molecule has 6 aromatic rings. The lowest BCUT2D eigenvalue weighted by Crippen LogP contribution is -2.49. The number of aliphatic hydroxyl groups is 1. The Morgan fingerprint density at radius 1 is 0.922 bits per heavy atom. The van der Waals surface area contributed by atoms with Gasteiger partial charge in [-0.2, -0.15) is 11.9 Å². The summed E-state index contributed by atoms with van der Waals surface area (Å²) in [7, 11) is 1.49. The predicted molar refractivity (Wildman–Crippen MR) is 248 cm³/mol. The molecule has 2 aliphatic carbocycles. The molecule has 334 valence electrons. The van der Waals surface area contributed by atoms with Crippen LogP contribution >= 0.6 is 0 Å². The van der Waals surface area contributed by atoms with Crippen molar-refractivity contribution in [1.29, 1.82) is 0 Å². The number of rotatable bonds is 18. The fraction of sp³-hybridized carbons (Fsp3) is 0.358. The van der Waals surface area contributed by atoms with Gasteiger partial charge in [-0.05, 0) is 151 Å². The number of nitrogens with one attached hydrogen (secondary N) is 1. The molecule has 1 saturated carbocycles. The molecule has 11 nitrogen and oxygen atoms in total. The minimum absolute atomic E-state index is 0.0214. The zero-order chi connectivity index (χ0) is 44.8.